The Morgan fingerprint density at radius 1 is 1.47 bits per heavy atom. The lowest BCUT2D eigenvalue weighted by molar-refractivity contribution is -0.141. The Kier molecular flexibility index (Phi) is 2.58. The molecule has 100 valence electrons. The molecule has 0 saturated carbocycles. The lowest BCUT2D eigenvalue weighted by Gasteiger charge is -2.30. The monoisotopic (exact) mass is 262 g/mol. The van der Waals surface area contributed by atoms with Crippen molar-refractivity contribution < 1.29 is 19.4 Å². The lowest BCUT2D eigenvalue weighted by Crippen LogP contribution is -2.43. The highest BCUT2D eigenvalue weighted by Crippen LogP contribution is 2.37. The van der Waals surface area contributed by atoms with Gasteiger partial charge in [0, 0.05) is 6.54 Å². The molecule has 1 N–H and O–H groups in total. The summed E-state index contributed by atoms with van der Waals surface area (Å²) >= 11 is 0. The van der Waals surface area contributed by atoms with Gasteiger partial charge >= 0.3 is 12.0 Å². The fourth-order valence-corrected chi connectivity index (χ4v) is 2.53. The van der Waals surface area contributed by atoms with Gasteiger partial charge in [-0.1, -0.05) is 12.1 Å². The minimum Gasteiger partial charge on any atom is -0.489 e. The molecule has 19 heavy (non-hydrogen) atoms. The molecule has 0 radical (unpaired) electrons. The number of aliphatic carboxylic acids is 1. The molecule has 6 nitrogen and oxygen atoms in total. The zero-order valence-corrected chi connectivity index (χ0v) is 10.4. The number of benzene rings is 1. The van der Waals surface area contributed by atoms with Gasteiger partial charge in [0.1, 0.15) is 18.4 Å². The number of carboxylic acid groups (broad SMARTS) is 1. The largest absolute Gasteiger partial charge is 0.489 e. The van der Waals surface area contributed by atoms with Crippen LogP contribution in [0.4, 0.5) is 10.5 Å². The van der Waals surface area contributed by atoms with E-state index in [2.05, 4.69) is 0 Å². The summed E-state index contributed by atoms with van der Waals surface area (Å²) in [6, 6.07) is 6.08. The normalized spacial score (nSPS) is 22.6. The van der Waals surface area contributed by atoms with Gasteiger partial charge in [-0.05, 0) is 19.1 Å². The maximum Gasteiger partial charge on any atom is 0.326 e. The molecule has 1 saturated heterocycles. The molecule has 2 amide bonds. The molecule has 2 unspecified atom stereocenters. The zero-order valence-electron chi connectivity index (χ0n) is 10.4. The van der Waals surface area contributed by atoms with Crippen LogP contribution in [0.5, 0.6) is 5.75 Å². The molecule has 2 heterocycles. The van der Waals surface area contributed by atoms with Crippen LogP contribution in [0.3, 0.4) is 0 Å². The number of amides is 2. The van der Waals surface area contributed by atoms with Gasteiger partial charge in [0.2, 0.25) is 0 Å². The molecule has 0 bridgehead atoms. The number of carbonyl (C=O) groups excluding carboxylic acids is 1. The van der Waals surface area contributed by atoms with E-state index in [1.54, 1.807) is 4.90 Å². The van der Waals surface area contributed by atoms with Crippen LogP contribution < -0.4 is 9.64 Å². The molecular weight excluding hydrogens is 248 g/mol. The summed E-state index contributed by atoms with van der Waals surface area (Å²) in [6.07, 6.45) is 0. The van der Waals surface area contributed by atoms with Crippen LogP contribution >= 0.6 is 0 Å². The highest BCUT2D eigenvalue weighted by molar-refractivity contribution is 5.99. The topological polar surface area (TPSA) is 70.1 Å². The smallest absolute Gasteiger partial charge is 0.326 e. The SMILES string of the molecule is CC(C(=O)O)N1CC2COc3ccccc3N2C1=O. The first-order valence-electron chi connectivity index (χ1n) is 6.14. The number of carboxylic acids is 1. The van der Waals surface area contributed by atoms with Gasteiger partial charge in [0.05, 0.1) is 11.7 Å². The van der Waals surface area contributed by atoms with Crippen molar-refractivity contribution in [3.63, 3.8) is 0 Å². The maximum atomic E-state index is 12.4. The average molecular weight is 262 g/mol. The molecular formula is C13H14N2O4. The van der Waals surface area contributed by atoms with Crippen LogP contribution in [0.25, 0.3) is 0 Å². The predicted molar refractivity (Wildman–Crippen MR) is 67.4 cm³/mol. The van der Waals surface area contributed by atoms with Crippen LogP contribution in [0.1, 0.15) is 6.92 Å². The third kappa shape index (κ3) is 1.71. The van der Waals surface area contributed by atoms with Crippen LogP contribution in [0.15, 0.2) is 24.3 Å². The predicted octanol–water partition coefficient (Wildman–Crippen LogP) is 1.16. The van der Waals surface area contributed by atoms with E-state index in [9.17, 15) is 9.59 Å². The van der Waals surface area contributed by atoms with Crippen molar-refractivity contribution in [3.8, 4) is 5.75 Å². The third-order valence-electron chi connectivity index (χ3n) is 3.61. The fraction of sp³-hybridized carbons (Fsp3) is 0.385. The van der Waals surface area contributed by atoms with Gasteiger partial charge in [-0.15, -0.1) is 0 Å². The summed E-state index contributed by atoms with van der Waals surface area (Å²) in [7, 11) is 0. The second-order valence-electron chi connectivity index (χ2n) is 4.75. The molecule has 2 atom stereocenters. The number of rotatable bonds is 2. The number of carbonyl (C=O) groups is 2. The number of ether oxygens (including phenoxy) is 1. The van der Waals surface area contributed by atoms with Crippen LogP contribution in [-0.2, 0) is 4.79 Å². The molecule has 0 spiro atoms. The van der Waals surface area contributed by atoms with Gasteiger partial charge in [-0.25, -0.2) is 9.59 Å². The third-order valence-corrected chi connectivity index (χ3v) is 3.61. The Morgan fingerprint density at radius 2 is 2.21 bits per heavy atom. The molecule has 0 aromatic heterocycles. The molecule has 2 aliphatic heterocycles. The number of hydrogen-bond donors (Lipinski definition) is 1. The number of anilines is 1. The molecule has 3 rings (SSSR count). The number of hydrogen-bond acceptors (Lipinski definition) is 3. The maximum absolute atomic E-state index is 12.4. The van der Waals surface area contributed by atoms with Crippen molar-refractivity contribution >= 4 is 17.7 Å². The van der Waals surface area contributed by atoms with Crippen LogP contribution in [-0.4, -0.2) is 47.2 Å². The Hall–Kier alpha value is -2.24. The summed E-state index contributed by atoms with van der Waals surface area (Å²) in [5.74, 6) is -0.334. The molecule has 1 aromatic rings. The van der Waals surface area contributed by atoms with E-state index in [1.165, 1.54) is 11.8 Å². The van der Waals surface area contributed by atoms with E-state index < -0.39 is 12.0 Å². The Labute approximate surface area is 110 Å². The summed E-state index contributed by atoms with van der Waals surface area (Å²) in [5, 5.41) is 9.05. The molecule has 2 aliphatic rings. The minimum atomic E-state index is -0.998. The van der Waals surface area contributed by atoms with Gasteiger partial charge in [-0.3, -0.25) is 4.90 Å². The van der Waals surface area contributed by atoms with Crippen molar-refractivity contribution in [2.24, 2.45) is 0 Å². The number of urea groups is 1. The van der Waals surface area contributed by atoms with Crippen molar-refractivity contribution in [1.82, 2.24) is 4.90 Å². The zero-order chi connectivity index (χ0) is 13.6. The van der Waals surface area contributed by atoms with Gasteiger partial charge in [0.25, 0.3) is 0 Å². The second kappa shape index (κ2) is 4.15. The van der Waals surface area contributed by atoms with Crippen molar-refractivity contribution in [2.45, 2.75) is 19.0 Å². The Morgan fingerprint density at radius 3 is 2.95 bits per heavy atom. The van der Waals surface area contributed by atoms with Crippen LogP contribution in [0.2, 0.25) is 0 Å². The average Bonchev–Trinajstić information content (AvgIpc) is 2.75. The number of nitrogens with zero attached hydrogens (tertiary/aromatic N) is 2. The molecule has 1 fully saturated rings. The highest BCUT2D eigenvalue weighted by Gasteiger charge is 2.45. The van der Waals surface area contributed by atoms with Gasteiger partial charge in [-0.2, -0.15) is 0 Å². The quantitative estimate of drug-likeness (QED) is 0.868. The number of para-hydroxylation sites is 2. The van der Waals surface area contributed by atoms with Crippen molar-refractivity contribution in [1.29, 1.82) is 0 Å². The minimum absolute atomic E-state index is 0.121. The first kappa shape index (κ1) is 11.8. The first-order valence-corrected chi connectivity index (χ1v) is 6.14. The van der Waals surface area contributed by atoms with Crippen molar-refractivity contribution in [2.75, 3.05) is 18.1 Å². The van der Waals surface area contributed by atoms with E-state index in [1.807, 2.05) is 24.3 Å². The van der Waals surface area contributed by atoms with E-state index in [0.29, 0.717) is 24.6 Å². The Bertz CT molecular complexity index is 545. The van der Waals surface area contributed by atoms with Crippen LogP contribution in [0, 0.1) is 0 Å². The Balaban J connectivity index is 1.95. The lowest BCUT2D eigenvalue weighted by atomic mass is 10.2. The summed E-state index contributed by atoms with van der Waals surface area (Å²) < 4.78 is 5.61. The van der Waals surface area contributed by atoms with E-state index in [-0.39, 0.29) is 12.1 Å². The summed E-state index contributed by atoms with van der Waals surface area (Å²) in [5.41, 5.74) is 0.712. The molecule has 0 aliphatic carbocycles. The summed E-state index contributed by atoms with van der Waals surface area (Å²) in [6.45, 7) is 2.29. The number of fused-ring (bicyclic) bond motifs is 3. The molecule has 1 aromatic carbocycles. The fourth-order valence-electron chi connectivity index (χ4n) is 2.53. The highest BCUT2D eigenvalue weighted by atomic mass is 16.5. The van der Waals surface area contributed by atoms with Gasteiger partial charge in [0.15, 0.2) is 0 Å². The summed E-state index contributed by atoms with van der Waals surface area (Å²) in [4.78, 5) is 26.4. The van der Waals surface area contributed by atoms with E-state index >= 15 is 0 Å². The van der Waals surface area contributed by atoms with Gasteiger partial charge < -0.3 is 14.7 Å². The van der Waals surface area contributed by atoms with E-state index in [0.717, 1.165) is 0 Å². The first-order chi connectivity index (χ1) is 9.09. The standard InChI is InChI=1S/C13H14N2O4/c1-8(12(16)17)14-6-9-7-19-11-5-3-2-4-10(11)15(9)13(14)18/h2-5,8-9H,6-7H2,1H3,(H,16,17). The van der Waals surface area contributed by atoms with E-state index in [4.69, 9.17) is 9.84 Å². The molecule has 6 heteroatoms. The van der Waals surface area contributed by atoms with Crippen molar-refractivity contribution in [3.05, 3.63) is 24.3 Å². The second-order valence-corrected chi connectivity index (χ2v) is 4.75.